The standard InChI is InChI=1S/C32H34ClN9S/c1-19-18-43-28-27(19)36-29(24-4-2-3-5-25(24)33)37-30(28)42-31(34)38-32(39-42)35-22-8-10-23(11-9-22)40-12-14-41(15-13-40)26-17-20-6-7-21(26)16-20/h2-5,8-11,18,20-21,26H,6-7,12-17H2,1H3,(H3,34,35,38,39)/t20?,21?,26-/m0/s1. The molecule has 2 aromatic carbocycles. The van der Waals surface area contributed by atoms with E-state index in [4.69, 9.17) is 32.4 Å². The van der Waals surface area contributed by atoms with Crippen molar-refractivity contribution < 1.29 is 0 Å². The van der Waals surface area contributed by atoms with Gasteiger partial charge in [-0.3, -0.25) is 4.90 Å². The van der Waals surface area contributed by atoms with Crippen LogP contribution in [-0.4, -0.2) is 61.9 Å². The Kier molecular flexibility index (Phi) is 6.73. The van der Waals surface area contributed by atoms with Crippen LogP contribution >= 0.6 is 22.9 Å². The largest absolute Gasteiger partial charge is 0.369 e. The highest BCUT2D eigenvalue weighted by Gasteiger charge is 2.42. The molecule has 3 N–H and O–H groups in total. The number of rotatable bonds is 6. The number of nitrogens with one attached hydrogen (secondary N) is 1. The molecule has 0 amide bonds. The highest BCUT2D eigenvalue weighted by molar-refractivity contribution is 7.17. The highest BCUT2D eigenvalue weighted by atomic mass is 35.5. The number of aryl methyl sites for hydroxylation is 1. The number of halogens is 1. The van der Waals surface area contributed by atoms with Gasteiger partial charge < -0.3 is 16.0 Å². The summed E-state index contributed by atoms with van der Waals surface area (Å²) in [5, 5.41) is 10.7. The van der Waals surface area contributed by atoms with E-state index in [0.29, 0.717) is 22.6 Å². The minimum absolute atomic E-state index is 0.239. The van der Waals surface area contributed by atoms with Crippen molar-refractivity contribution in [2.45, 2.75) is 38.6 Å². The van der Waals surface area contributed by atoms with Gasteiger partial charge >= 0.3 is 0 Å². The Labute approximate surface area is 259 Å². The van der Waals surface area contributed by atoms with Gasteiger partial charge in [0.15, 0.2) is 11.6 Å². The summed E-state index contributed by atoms with van der Waals surface area (Å²) >= 11 is 8.06. The normalized spacial score (nSPS) is 22.1. The monoisotopic (exact) mass is 611 g/mol. The first-order valence-electron chi connectivity index (χ1n) is 15.1. The first-order chi connectivity index (χ1) is 21.0. The van der Waals surface area contributed by atoms with Crippen LogP contribution < -0.4 is 16.0 Å². The molecule has 4 heterocycles. The van der Waals surface area contributed by atoms with Crippen LogP contribution in [0, 0.1) is 18.8 Å². The topological polar surface area (TPSA) is 101 Å². The van der Waals surface area contributed by atoms with Gasteiger partial charge in [-0.25, -0.2) is 9.97 Å². The van der Waals surface area contributed by atoms with Crippen molar-refractivity contribution in [2.24, 2.45) is 11.8 Å². The molecule has 3 fully saturated rings. The van der Waals surface area contributed by atoms with Crippen molar-refractivity contribution in [1.29, 1.82) is 0 Å². The third kappa shape index (κ3) is 4.91. The number of aromatic nitrogens is 5. The summed E-state index contributed by atoms with van der Waals surface area (Å²) in [4.78, 5) is 19.5. The molecular formula is C32H34ClN9S. The van der Waals surface area contributed by atoms with E-state index in [1.54, 1.807) is 16.0 Å². The van der Waals surface area contributed by atoms with Crippen LogP contribution in [0.25, 0.3) is 27.4 Å². The number of hydrogen-bond donors (Lipinski definition) is 2. The van der Waals surface area contributed by atoms with Gasteiger partial charge in [0.25, 0.3) is 0 Å². The Morgan fingerprint density at radius 2 is 1.77 bits per heavy atom. The van der Waals surface area contributed by atoms with Gasteiger partial charge in [-0.05, 0) is 85.4 Å². The van der Waals surface area contributed by atoms with Crippen LogP contribution in [0.3, 0.4) is 0 Å². The summed E-state index contributed by atoms with van der Waals surface area (Å²) in [6, 6.07) is 16.9. The summed E-state index contributed by atoms with van der Waals surface area (Å²) in [6.45, 7) is 6.51. The second kappa shape index (κ2) is 10.8. The van der Waals surface area contributed by atoms with Crippen molar-refractivity contribution >= 4 is 56.4 Å². The average Bonchev–Trinajstić information content (AvgIpc) is 3.83. The molecule has 2 saturated carbocycles. The van der Waals surface area contributed by atoms with E-state index in [1.165, 1.54) is 31.4 Å². The Hall–Kier alpha value is -3.73. The number of piperazine rings is 1. The third-order valence-corrected chi connectivity index (χ3v) is 10.9. The van der Waals surface area contributed by atoms with E-state index >= 15 is 0 Å². The molecular weight excluding hydrogens is 578 g/mol. The van der Waals surface area contributed by atoms with E-state index < -0.39 is 0 Å². The van der Waals surface area contributed by atoms with Gasteiger partial charge in [-0.1, -0.05) is 30.2 Å². The van der Waals surface area contributed by atoms with Crippen LogP contribution in [-0.2, 0) is 0 Å². The van der Waals surface area contributed by atoms with Crippen LogP contribution in [0.5, 0.6) is 0 Å². The average molecular weight is 612 g/mol. The minimum Gasteiger partial charge on any atom is -0.369 e. The smallest absolute Gasteiger partial charge is 0.248 e. The zero-order valence-electron chi connectivity index (χ0n) is 24.1. The summed E-state index contributed by atoms with van der Waals surface area (Å²) in [7, 11) is 0. The maximum absolute atomic E-state index is 6.50. The zero-order valence-corrected chi connectivity index (χ0v) is 25.7. The van der Waals surface area contributed by atoms with Gasteiger partial charge in [-0.15, -0.1) is 16.4 Å². The lowest BCUT2D eigenvalue weighted by molar-refractivity contribution is 0.135. The number of benzene rings is 2. The van der Waals surface area contributed by atoms with Crippen LogP contribution in [0.4, 0.5) is 23.3 Å². The van der Waals surface area contributed by atoms with Gasteiger partial charge in [0, 0.05) is 49.2 Å². The summed E-state index contributed by atoms with van der Waals surface area (Å²) < 4.78 is 2.47. The molecule has 2 unspecified atom stereocenters. The molecule has 5 aromatic rings. The van der Waals surface area contributed by atoms with Crippen molar-refractivity contribution in [1.82, 2.24) is 29.6 Å². The maximum atomic E-state index is 6.50. The number of hydrogen-bond acceptors (Lipinski definition) is 9. The van der Waals surface area contributed by atoms with Crippen molar-refractivity contribution in [2.75, 3.05) is 42.1 Å². The molecule has 2 aliphatic carbocycles. The van der Waals surface area contributed by atoms with Crippen LogP contribution in [0.1, 0.15) is 31.2 Å². The van der Waals surface area contributed by atoms with Crippen molar-refractivity contribution in [3.63, 3.8) is 0 Å². The van der Waals surface area contributed by atoms with E-state index in [1.807, 2.05) is 31.2 Å². The Morgan fingerprint density at radius 3 is 2.51 bits per heavy atom. The number of fused-ring (bicyclic) bond motifs is 3. The predicted molar refractivity (Wildman–Crippen MR) is 175 cm³/mol. The van der Waals surface area contributed by atoms with Crippen molar-refractivity contribution in [3.8, 4) is 17.2 Å². The number of nitrogens with two attached hydrogens (primary N) is 1. The number of nitrogens with zero attached hydrogens (tertiary/aromatic N) is 7. The van der Waals surface area contributed by atoms with E-state index in [2.05, 4.69) is 49.7 Å². The van der Waals surface area contributed by atoms with Gasteiger partial charge in [0.2, 0.25) is 11.9 Å². The molecule has 3 atom stereocenters. The Balaban J connectivity index is 0.995. The van der Waals surface area contributed by atoms with Gasteiger partial charge in [0.05, 0.1) is 15.2 Å². The summed E-state index contributed by atoms with van der Waals surface area (Å²) in [5.74, 6) is 3.69. The zero-order chi connectivity index (χ0) is 29.1. The fourth-order valence-electron chi connectivity index (χ4n) is 7.31. The lowest BCUT2D eigenvalue weighted by atomic mass is 9.93. The maximum Gasteiger partial charge on any atom is 0.248 e. The fraction of sp³-hybridized carbons (Fsp3) is 0.375. The van der Waals surface area contributed by atoms with E-state index in [-0.39, 0.29) is 5.95 Å². The number of thiophene rings is 1. The van der Waals surface area contributed by atoms with Crippen LogP contribution in [0.2, 0.25) is 5.02 Å². The molecule has 9 nitrogen and oxygen atoms in total. The minimum atomic E-state index is 0.239. The molecule has 43 heavy (non-hydrogen) atoms. The second-order valence-corrected chi connectivity index (χ2v) is 13.4. The molecule has 3 aliphatic rings. The molecule has 1 saturated heterocycles. The lowest BCUT2D eigenvalue weighted by Crippen LogP contribution is -2.51. The molecule has 220 valence electrons. The SMILES string of the molecule is Cc1csc2c(-n3nc(Nc4ccc(N5CCN([C@H]6CC7CCC6C7)CC5)cc4)nc3N)nc(-c3ccccc3Cl)nc12. The Bertz CT molecular complexity index is 1790. The summed E-state index contributed by atoms with van der Waals surface area (Å²) in [5.41, 5.74) is 11.2. The number of anilines is 4. The fourth-order valence-corrected chi connectivity index (χ4v) is 8.49. The molecule has 8 rings (SSSR count). The first kappa shape index (κ1) is 26.9. The Morgan fingerprint density at radius 1 is 0.953 bits per heavy atom. The van der Waals surface area contributed by atoms with Gasteiger partial charge in [0.1, 0.15) is 0 Å². The quantitative estimate of drug-likeness (QED) is 0.223. The second-order valence-electron chi connectivity index (χ2n) is 12.1. The highest BCUT2D eigenvalue weighted by Crippen LogP contribution is 2.47. The molecule has 3 aromatic heterocycles. The van der Waals surface area contributed by atoms with Crippen LogP contribution in [0.15, 0.2) is 53.9 Å². The van der Waals surface area contributed by atoms with Gasteiger partial charge in [-0.2, -0.15) is 9.67 Å². The van der Waals surface area contributed by atoms with E-state index in [9.17, 15) is 0 Å². The molecule has 0 spiro atoms. The molecule has 11 heteroatoms. The predicted octanol–water partition coefficient (Wildman–Crippen LogP) is 6.54. The molecule has 2 bridgehead atoms. The third-order valence-electron chi connectivity index (χ3n) is 9.49. The molecule has 1 aliphatic heterocycles. The molecule has 0 radical (unpaired) electrons. The first-order valence-corrected chi connectivity index (χ1v) is 16.4. The number of nitrogen functional groups attached to an aromatic ring is 1. The lowest BCUT2D eigenvalue weighted by Gasteiger charge is -2.41. The van der Waals surface area contributed by atoms with E-state index in [0.717, 1.165) is 71.1 Å². The van der Waals surface area contributed by atoms with Crippen molar-refractivity contribution in [3.05, 3.63) is 64.5 Å². The summed E-state index contributed by atoms with van der Waals surface area (Å²) in [6.07, 6.45) is 5.81.